The summed E-state index contributed by atoms with van der Waals surface area (Å²) in [4.78, 5) is 16.2. The van der Waals surface area contributed by atoms with Gasteiger partial charge in [-0.15, -0.1) is 0 Å². The van der Waals surface area contributed by atoms with Crippen LogP contribution in [-0.4, -0.2) is 45.1 Å². The van der Waals surface area contributed by atoms with E-state index >= 15 is 0 Å². The number of nitrogens with zero attached hydrogens (tertiary/aromatic N) is 2. The average molecular weight is 517 g/mol. The number of anilines is 1. The number of hydrogen-bond donors (Lipinski definition) is 2. The third-order valence-electron chi connectivity index (χ3n) is 5.26. The van der Waals surface area contributed by atoms with Gasteiger partial charge in [0.25, 0.3) is 0 Å². The molecule has 0 aliphatic carbocycles. The predicted molar refractivity (Wildman–Crippen MR) is 117 cm³/mol. The summed E-state index contributed by atoms with van der Waals surface area (Å²) < 4.78 is 77.0. The van der Waals surface area contributed by atoms with Gasteiger partial charge in [0.05, 0.1) is 15.1 Å². The molecule has 0 bridgehead atoms. The van der Waals surface area contributed by atoms with Gasteiger partial charge in [-0.1, -0.05) is 11.3 Å². The Labute approximate surface area is 192 Å². The van der Waals surface area contributed by atoms with Gasteiger partial charge in [-0.05, 0) is 43.2 Å². The monoisotopic (exact) mass is 516 g/mol. The lowest BCUT2D eigenvalue weighted by molar-refractivity contribution is -0.120. The lowest BCUT2D eigenvalue weighted by Gasteiger charge is -2.30. The zero-order valence-electron chi connectivity index (χ0n) is 16.9. The summed E-state index contributed by atoms with van der Waals surface area (Å²) in [6, 6.07) is 6.45. The van der Waals surface area contributed by atoms with E-state index in [0.717, 1.165) is 27.8 Å². The van der Waals surface area contributed by atoms with Crippen molar-refractivity contribution in [3.63, 3.8) is 0 Å². The summed E-state index contributed by atoms with van der Waals surface area (Å²) >= 11 is 1.08. The first-order chi connectivity index (χ1) is 15.4. The Morgan fingerprint density at radius 1 is 1.09 bits per heavy atom. The molecule has 0 radical (unpaired) electrons. The Bertz CT molecular complexity index is 1450. The highest BCUT2D eigenvalue weighted by atomic mass is 32.2. The number of fused-ring (bicyclic) bond motifs is 1. The first-order valence-corrected chi connectivity index (χ1v) is 13.4. The van der Waals surface area contributed by atoms with Crippen LogP contribution in [0.4, 0.5) is 13.9 Å². The summed E-state index contributed by atoms with van der Waals surface area (Å²) in [5.74, 6) is -2.90. The fourth-order valence-corrected chi connectivity index (χ4v) is 6.56. The van der Waals surface area contributed by atoms with Crippen molar-refractivity contribution >= 4 is 52.6 Å². The standard InChI is InChI=1S/C19H18F2N4O5S3/c20-12-1-4-17(14(21)9-12)33(29,30)25-7-5-11(6-8-25)18(26)24-19-23-15-3-2-13(32(22,27)28)10-16(15)31-19/h1-4,9-11H,5-8H2,(H2,22,27,28)(H,23,24,26). The largest absolute Gasteiger partial charge is 0.302 e. The van der Waals surface area contributed by atoms with Crippen molar-refractivity contribution in [2.45, 2.75) is 22.6 Å². The number of carbonyl (C=O) groups is 1. The molecular formula is C19H18F2N4O5S3. The third kappa shape index (κ3) is 4.89. The lowest BCUT2D eigenvalue weighted by atomic mass is 9.97. The number of nitrogens with one attached hydrogen (secondary N) is 1. The van der Waals surface area contributed by atoms with E-state index in [-0.39, 0.29) is 41.9 Å². The predicted octanol–water partition coefficient (Wildman–Crippen LogP) is 2.26. The molecule has 0 unspecified atom stereocenters. The summed E-state index contributed by atoms with van der Waals surface area (Å²) in [5, 5.41) is 8.08. The van der Waals surface area contributed by atoms with Crippen molar-refractivity contribution in [1.82, 2.24) is 9.29 Å². The van der Waals surface area contributed by atoms with E-state index in [1.807, 2.05) is 0 Å². The number of benzene rings is 2. The van der Waals surface area contributed by atoms with Crippen LogP contribution in [0.1, 0.15) is 12.8 Å². The molecule has 3 aromatic rings. The van der Waals surface area contributed by atoms with E-state index in [1.54, 1.807) is 0 Å². The van der Waals surface area contributed by atoms with Gasteiger partial charge in [0, 0.05) is 25.1 Å². The van der Waals surface area contributed by atoms with Gasteiger partial charge >= 0.3 is 0 Å². The topological polar surface area (TPSA) is 140 Å². The van der Waals surface area contributed by atoms with Crippen LogP contribution in [0.3, 0.4) is 0 Å². The molecule has 2 heterocycles. The molecule has 0 atom stereocenters. The molecule has 1 aliphatic heterocycles. The number of aromatic nitrogens is 1. The number of piperidine rings is 1. The van der Waals surface area contributed by atoms with Crippen molar-refractivity contribution in [2.24, 2.45) is 11.1 Å². The molecule has 1 fully saturated rings. The number of rotatable bonds is 5. The van der Waals surface area contributed by atoms with Crippen LogP contribution >= 0.6 is 11.3 Å². The van der Waals surface area contributed by atoms with Crippen molar-refractivity contribution < 1.29 is 30.4 Å². The fourth-order valence-electron chi connectivity index (χ4n) is 3.52. The van der Waals surface area contributed by atoms with Gasteiger partial charge < -0.3 is 5.32 Å². The van der Waals surface area contributed by atoms with E-state index in [0.29, 0.717) is 16.3 Å². The molecule has 14 heteroatoms. The van der Waals surface area contributed by atoms with Crippen molar-refractivity contribution in [3.05, 3.63) is 48.0 Å². The first kappa shape index (κ1) is 23.6. The second-order valence-corrected chi connectivity index (χ2v) is 11.9. The minimum atomic E-state index is -4.16. The second kappa shape index (κ2) is 8.68. The Morgan fingerprint density at radius 2 is 1.79 bits per heavy atom. The third-order valence-corrected chi connectivity index (χ3v) is 9.03. The maximum absolute atomic E-state index is 14.0. The molecule has 9 nitrogen and oxygen atoms in total. The van der Waals surface area contributed by atoms with Gasteiger partial charge in [0.2, 0.25) is 26.0 Å². The molecule has 1 amide bonds. The number of halogens is 2. The van der Waals surface area contributed by atoms with Crippen LogP contribution in [0.2, 0.25) is 0 Å². The van der Waals surface area contributed by atoms with E-state index in [2.05, 4.69) is 10.3 Å². The lowest BCUT2D eigenvalue weighted by Crippen LogP contribution is -2.41. The first-order valence-electron chi connectivity index (χ1n) is 9.64. The smallest absolute Gasteiger partial charge is 0.245 e. The number of thiazole rings is 1. The number of hydrogen-bond acceptors (Lipinski definition) is 7. The normalized spacial score (nSPS) is 16.2. The number of sulfonamides is 2. The van der Waals surface area contributed by atoms with E-state index in [9.17, 15) is 30.4 Å². The van der Waals surface area contributed by atoms with Gasteiger partial charge in [0.1, 0.15) is 16.5 Å². The van der Waals surface area contributed by atoms with Crippen LogP contribution in [0, 0.1) is 17.6 Å². The van der Waals surface area contributed by atoms with Crippen molar-refractivity contribution in [3.8, 4) is 0 Å². The summed E-state index contributed by atoms with van der Waals surface area (Å²) in [5.41, 5.74) is 0.491. The summed E-state index contributed by atoms with van der Waals surface area (Å²) in [6.45, 7) is -0.0103. The minimum Gasteiger partial charge on any atom is -0.302 e. The Kier molecular flexibility index (Phi) is 6.22. The SMILES string of the molecule is NS(=O)(=O)c1ccc2nc(NC(=O)C3CCN(S(=O)(=O)c4ccc(F)cc4F)CC3)sc2c1. The molecule has 4 rings (SSSR count). The fraction of sp³-hybridized carbons (Fsp3) is 0.263. The molecular weight excluding hydrogens is 498 g/mol. The number of nitrogens with two attached hydrogens (primary N) is 1. The van der Waals surface area contributed by atoms with Gasteiger partial charge in [-0.2, -0.15) is 4.31 Å². The molecule has 3 N–H and O–H groups in total. The number of primary sulfonamides is 1. The zero-order chi connectivity index (χ0) is 24.0. The van der Waals surface area contributed by atoms with Crippen LogP contribution in [0.5, 0.6) is 0 Å². The van der Waals surface area contributed by atoms with E-state index in [1.165, 1.54) is 18.2 Å². The average Bonchev–Trinajstić information content (AvgIpc) is 3.14. The number of carbonyl (C=O) groups excluding carboxylic acids is 1. The van der Waals surface area contributed by atoms with Crippen LogP contribution in [0.15, 0.2) is 46.2 Å². The summed E-state index contributed by atoms with van der Waals surface area (Å²) in [7, 11) is -8.03. The highest BCUT2D eigenvalue weighted by Gasteiger charge is 2.34. The highest BCUT2D eigenvalue weighted by Crippen LogP contribution is 2.30. The van der Waals surface area contributed by atoms with E-state index < -0.39 is 42.5 Å². The quantitative estimate of drug-likeness (QED) is 0.533. The Balaban J connectivity index is 1.42. The van der Waals surface area contributed by atoms with Gasteiger partial charge in [-0.3, -0.25) is 4.79 Å². The maximum atomic E-state index is 14.0. The van der Waals surface area contributed by atoms with E-state index in [4.69, 9.17) is 5.14 Å². The molecule has 1 aliphatic rings. The maximum Gasteiger partial charge on any atom is 0.245 e. The van der Waals surface area contributed by atoms with Gasteiger partial charge in [-0.25, -0.2) is 35.7 Å². The molecule has 2 aromatic carbocycles. The molecule has 1 saturated heterocycles. The van der Waals surface area contributed by atoms with Crippen LogP contribution < -0.4 is 10.5 Å². The molecule has 0 spiro atoms. The number of amides is 1. The molecule has 176 valence electrons. The molecule has 0 saturated carbocycles. The molecule has 1 aromatic heterocycles. The molecule has 33 heavy (non-hydrogen) atoms. The second-order valence-electron chi connectivity index (χ2n) is 7.44. The van der Waals surface area contributed by atoms with Gasteiger partial charge in [0.15, 0.2) is 5.13 Å². The van der Waals surface area contributed by atoms with Crippen molar-refractivity contribution in [1.29, 1.82) is 0 Å². The van der Waals surface area contributed by atoms with Crippen LogP contribution in [0.25, 0.3) is 10.2 Å². The summed E-state index contributed by atoms with van der Waals surface area (Å²) in [6.07, 6.45) is 0.405. The highest BCUT2D eigenvalue weighted by molar-refractivity contribution is 7.89. The zero-order valence-corrected chi connectivity index (χ0v) is 19.3. The van der Waals surface area contributed by atoms with Crippen LogP contribution in [-0.2, 0) is 24.8 Å². The minimum absolute atomic E-state index is 0.00516. The Morgan fingerprint density at radius 3 is 2.42 bits per heavy atom. The van der Waals surface area contributed by atoms with Crippen molar-refractivity contribution in [2.75, 3.05) is 18.4 Å². The Hall–Kier alpha value is -2.52.